The Bertz CT molecular complexity index is 498. The van der Waals surface area contributed by atoms with Crippen molar-refractivity contribution < 1.29 is 19.0 Å². The highest BCUT2D eigenvalue weighted by Crippen LogP contribution is 2.27. The van der Waals surface area contributed by atoms with Gasteiger partial charge in [0.05, 0.1) is 6.10 Å². The molecule has 0 spiro atoms. The summed E-state index contributed by atoms with van der Waals surface area (Å²) in [4.78, 5) is 14.1. The Morgan fingerprint density at radius 3 is 2.57 bits per heavy atom. The van der Waals surface area contributed by atoms with E-state index in [9.17, 15) is 14.3 Å². The number of nitrogens with zero attached hydrogens (tertiary/aromatic N) is 1. The predicted octanol–water partition coefficient (Wildman–Crippen LogP) is 2.66. The van der Waals surface area contributed by atoms with Gasteiger partial charge in [0.25, 0.3) is 5.91 Å². The molecule has 2 rings (SSSR count). The summed E-state index contributed by atoms with van der Waals surface area (Å²) in [6.07, 6.45) is 1.70. The second-order valence-corrected chi connectivity index (χ2v) is 5.50. The molecule has 0 aliphatic carbocycles. The summed E-state index contributed by atoms with van der Waals surface area (Å²) >= 11 is 0. The number of ether oxygens (including phenoxy) is 1. The maximum absolute atomic E-state index is 13.3. The molecule has 2 atom stereocenters. The number of benzene rings is 1. The summed E-state index contributed by atoms with van der Waals surface area (Å²) < 4.78 is 18.9. The zero-order valence-electron chi connectivity index (χ0n) is 12.5. The third-order valence-electron chi connectivity index (χ3n) is 3.74. The van der Waals surface area contributed by atoms with E-state index in [1.54, 1.807) is 18.7 Å². The van der Waals surface area contributed by atoms with Crippen molar-refractivity contribution in [3.05, 3.63) is 29.6 Å². The molecule has 1 unspecified atom stereocenters. The van der Waals surface area contributed by atoms with Gasteiger partial charge in [0.1, 0.15) is 11.6 Å². The first-order valence-electron chi connectivity index (χ1n) is 7.42. The molecule has 1 aliphatic heterocycles. The van der Waals surface area contributed by atoms with Gasteiger partial charge in [-0.15, -0.1) is 0 Å². The van der Waals surface area contributed by atoms with Crippen LogP contribution in [0.4, 0.5) is 4.39 Å². The van der Waals surface area contributed by atoms with Crippen molar-refractivity contribution in [1.29, 1.82) is 0 Å². The predicted molar refractivity (Wildman–Crippen MR) is 77.6 cm³/mol. The zero-order chi connectivity index (χ0) is 15.4. The van der Waals surface area contributed by atoms with Crippen LogP contribution in [0.3, 0.4) is 0 Å². The summed E-state index contributed by atoms with van der Waals surface area (Å²) in [6, 6.07) is 3.95. The highest BCUT2D eigenvalue weighted by Gasteiger charge is 2.24. The molecular formula is C16H22FNO3. The molecule has 1 amide bonds. The number of piperidine rings is 1. The summed E-state index contributed by atoms with van der Waals surface area (Å²) in [5.41, 5.74) is 0.355. The van der Waals surface area contributed by atoms with E-state index in [1.807, 2.05) is 0 Å². The van der Waals surface area contributed by atoms with Crippen LogP contribution >= 0.6 is 0 Å². The third-order valence-corrected chi connectivity index (χ3v) is 3.74. The molecule has 1 heterocycles. The van der Waals surface area contributed by atoms with E-state index >= 15 is 0 Å². The SMILES string of the molecule is CC(Oc1ccc(F)cc1[C@@H](C)O)C(=O)N1CCCCC1. The lowest BCUT2D eigenvalue weighted by atomic mass is 10.1. The fraction of sp³-hybridized carbons (Fsp3) is 0.562. The van der Waals surface area contributed by atoms with Crippen molar-refractivity contribution in [3.8, 4) is 5.75 Å². The summed E-state index contributed by atoms with van der Waals surface area (Å²) in [7, 11) is 0. The Morgan fingerprint density at radius 1 is 1.29 bits per heavy atom. The smallest absolute Gasteiger partial charge is 0.263 e. The lowest BCUT2D eigenvalue weighted by Crippen LogP contribution is -2.43. The van der Waals surface area contributed by atoms with E-state index in [4.69, 9.17) is 4.74 Å². The van der Waals surface area contributed by atoms with Crippen molar-refractivity contribution in [2.24, 2.45) is 0 Å². The van der Waals surface area contributed by atoms with Gasteiger partial charge in [-0.05, 0) is 51.3 Å². The van der Waals surface area contributed by atoms with Gasteiger partial charge in [0, 0.05) is 18.7 Å². The van der Waals surface area contributed by atoms with E-state index in [2.05, 4.69) is 0 Å². The van der Waals surface area contributed by atoms with Crippen molar-refractivity contribution in [2.45, 2.75) is 45.3 Å². The molecule has 1 aliphatic rings. The molecule has 1 aromatic carbocycles. The van der Waals surface area contributed by atoms with Crippen LogP contribution in [0.5, 0.6) is 5.75 Å². The Labute approximate surface area is 124 Å². The summed E-state index contributed by atoms with van der Waals surface area (Å²) in [5, 5.41) is 9.69. The van der Waals surface area contributed by atoms with Crippen LogP contribution in [0.2, 0.25) is 0 Å². The average molecular weight is 295 g/mol. The molecule has 116 valence electrons. The van der Waals surface area contributed by atoms with Crippen molar-refractivity contribution in [1.82, 2.24) is 4.90 Å². The topological polar surface area (TPSA) is 49.8 Å². The standard InChI is InChI=1S/C16H22FNO3/c1-11(19)14-10-13(17)6-7-15(14)21-12(2)16(20)18-8-4-3-5-9-18/h6-7,10-12,19H,3-5,8-9H2,1-2H3/t11-,12?/m1/s1. The number of aliphatic hydroxyl groups excluding tert-OH is 1. The highest BCUT2D eigenvalue weighted by atomic mass is 19.1. The molecule has 1 aromatic rings. The second kappa shape index (κ2) is 6.89. The number of hydrogen-bond acceptors (Lipinski definition) is 3. The first-order valence-corrected chi connectivity index (χ1v) is 7.42. The first kappa shape index (κ1) is 15.8. The van der Waals surface area contributed by atoms with E-state index in [-0.39, 0.29) is 5.91 Å². The third kappa shape index (κ3) is 3.94. The minimum Gasteiger partial charge on any atom is -0.481 e. The van der Waals surface area contributed by atoms with Gasteiger partial charge in [-0.3, -0.25) is 4.79 Å². The lowest BCUT2D eigenvalue weighted by Gasteiger charge is -2.29. The number of aliphatic hydroxyl groups is 1. The fourth-order valence-corrected chi connectivity index (χ4v) is 2.57. The van der Waals surface area contributed by atoms with Crippen molar-refractivity contribution >= 4 is 5.91 Å². The molecular weight excluding hydrogens is 273 g/mol. The molecule has 1 saturated heterocycles. The van der Waals surface area contributed by atoms with Crippen LogP contribution in [-0.2, 0) is 4.79 Å². The second-order valence-electron chi connectivity index (χ2n) is 5.50. The van der Waals surface area contributed by atoms with Gasteiger partial charge in [-0.2, -0.15) is 0 Å². The molecule has 21 heavy (non-hydrogen) atoms. The average Bonchev–Trinajstić information content (AvgIpc) is 2.49. The maximum atomic E-state index is 13.3. The van der Waals surface area contributed by atoms with Crippen LogP contribution in [0.1, 0.15) is 44.8 Å². The molecule has 1 fully saturated rings. The number of carbonyl (C=O) groups excluding carboxylic acids is 1. The molecule has 0 saturated carbocycles. The molecule has 4 nitrogen and oxygen atoms in total. The Hall–Kier alpha value is -1.62. The van der Waals surface area contributed by atoms with E-state index < -0.39 is 18.0 Å². The molecule has 1 N–H and O–H groups in total. The van der Waals surface area contributed by atoms with Gasteiger partial charge < -0.3 is 14.7 Å². The molecule has 0 aromatic heterocycles. The first-order chi connectivity index (χ1) is 9.99. The number of rotatable bonds is 4. The van der Waals surface area contributed by atoms with Gasteiger partial charge >= 0.3 is 0 Å². The number of carbonyl (C=O) groups is 1. The van der Waals surface area contributed by atoms with Gasteiger partial charge in [0.2, 0.25) is 0 Å². The number of hydrogen-bond donors (Lipinski definition) is 1. The maximum Gasteiger partial charge on any atom is 0.263 e. The van der Waals surface area contributed by atoms with Gasteiger partial charge in [-0.1, -0.05) is 0 Å². The van der Waals surface area contributed by atoms with E-state index in [1.165, 1.54) is 18.2 Å². The van der Waals surface area contributed by atoms with Crippen LogP contribution in [0.15, 0.2) is 18.2 Å². The van der Waals surface area contributed by atoms with Crippen LogP contribution < -0.4 is 4.74 Å². The van der Waals surface area contributed by atoms with Crippen LogP contribution in [0, 0.1) is 5.82 Å². The Balaban J connectivity index is 2.08. The van der Waals surface area contributed by atoms with Gasteiger partial charge in [0.15, 0.2) is 6.10 Å². The monoisotopic (exact) mass is 295 g/mol. The highest BCUT2D eigenvalue weighted by molar-refractivity contribution is 5.81. The number of likely N-dealkylation sites (tertiary alicyclic amines) is 1. The molecule has 0 bridgehead atoms. The Kier molecular flexibility index (Phi) is 5.17. The quantitative estimate of drug-likeness (QED) is 0.929. The number of amides is 1. The Morgan fingerprint density at radius 2 is 1.95 bits per heavy atom. The summed E-state index contributed by atoms with van der Waals surface area (Å²) in [6.45, 7) is 4.75. The van der Waals surface area contributed by atoms with E-state index in [0.29, 0.717) is 11.3 Å². The summed E-state index contributed by atoms with van der Waals surface area (Å²) in [5.74, 6) is -0.145. The van der Waals surface area contributed by atoms with Crippen LogP contribution in [-0.4, -0.2) is 35.1 Å². The molecule has 5 heteroatoms. The minimum absolute atomic E-state index is 0.0597. The molecule has 0 radical (unpaired) electrons. The fourth-order valence-electron chi connectivity index (χ4n) is 2.57. The lowest BCUT2D eigenvalue weighted by molar-refractivity contribution is -0.138. The van der Waals surface area contributed by atoms with Crippen molar-refractivity contribution in [2.75, 3.05) is 13.1 Å². The largest absolute Gasteiger partial charge is 0.481 e. The normalized spacial score (nSPS) is 18.2. The van der Waals surface area contributed by atoms with E-state index in [0.717, 1.165) is 32.4 Å². The van der Waals surface area contributed by atoms with Crippen LogP contribution in [0.25, 0.3) is 0 Å². The van der Waals surface area contributed by atoms with Crippen molar-refractivity contribution in [3.63, 3.8) is 0 Å². The van der Waals surface area contributed by atoms with Gasteiger partial charge in [-0.25, -0.2) is 4.39 Å². The minimum atomic E-state index is -0.854. The zero-order valence-corrected chi connectivity index (χ0v) is 12.5. The number of halogens is 1.